The van der Waals surface area contributed by atoms with Crippen LogP contribution >= 0.6 is 0 Å². The first-order valence-electron chi connectivity index (χ1n) is 1.00. The van der Waals surface area contributed by atoms with E-state index < -0.39 is 0 Å². The van der Waals surface area contributed by atoms with Crippen LogP contribution in [0, 0.1) is 0 Å². The van der Waals surface area contributed by atoms with Crippen molar-refractivity contribution in [1.29, 1.82) is 0 Å². The van der Waals surface area contributed by atoms with E-state index in [1.807, 2.05) is 0 Å². The summed E-state index contributed by atoms with van der Waals surface area (Å²) < 4.78 is 10.0. The van der Waals surface area contributed by atoms with Crippen LogP contribution in [0.3, 0.4) is 0 Å². The van der Waals surface area contributed by atoms with Crippen LogP contribution < -0.4 is 0 Å². The molecule has 0 N–H and O–H groups in total. The molecule has 0 aliphatic heterocycles. The summed E-state index contributed by atoms with van der Waals surface area (Å²) in [6, 6.07) is 0. The molecule has 0 aromatic heterocycles. The van der Waals surface area contributed by atoms with Crippen molar-refractivity contribution in [3.8, 4) is 0 Å². The first-order valence-corrected chi connectivity index (χ1v) is 0. The summed E-state index contributed by atoms with van der Waals surface area (Å²) in [5.74, 6) is 0. The third-order valence-corrected chi connectivity index (χ3v) is 0. The Morgan fingerprint density at radius 3 is 0.500 bits per heavy atom. The second-order valence-electron chi connectivity index (χ2n) is 0. The van der Waals surface area contributed by atoms with Gasteiger partial charge in [0, 0.05) is 2.97 Å². The van der Waals surface area contributed by atoms with Crippen LogP contribution in [0.1, 0.15) is 47.5 Å². The third-order valence-electron chi connectivity index (χ3n) is 0. The summed E-state index contributed by atoms with van der Waals surface area (Å²) in [5.41, 5.74) is 0. The van der Waals surface area contributed by atoms with E-state index in [0.29, 0.717) is 0 Å². The molecular weight excluding hydrogens is 72.1 g/mol. The van der Waals surface area contributed by atoms with E-state index >= 15 is 0 Å². The lowest BCUT2D eigenvalue weighted by Crippen LogP contribution is 0.143. The Morgan fingerprint density at radius 2 is 0.500 bits per heavy atom. The Labute approximate surface area is 48.7 Å². The molecule has 0 saturated heterocycles. The first-order chi connectivity index (χ1) is 1.00. The molecule has 0 aliphatic rings. The lowest BCUT2D eigenvalue weighted by molar-refractivity contribution is 2.50. The second-order valence-corrected chi connectivity index (χ2v) is 0. The highest BCUT2D eigenvalue weighted by Gasteiger charge is -0.0726. The van der Waals surface area contributed by atoms with Gasteiger partial charge in [-0.15, -0.1) is 0 Å². The van der Waals surface area contributed by atoms with E-state index in [4.69, 9.17) is 2.97 Å². The molecule has 0 spiro atoms. The van der Waals surface area contributed by atoms with Crippen molar-refractivity contribution in [2.75, 3.05) is 0 Å². The van der Waals surface area contributed by atoms with E-state index in [1.54, 1.807) is 0 Å². The summed E-state index contributed by atoms with van der Waals surface area (Å²) in [6.07, 6.45) is 0. The second kappa shape index (κ2) is 0. The number of hydrogen-bond donors (Lipinski definition) is 0. The average molecular weight is 100 g/mol. The SMILES string of the molecule is C.C.C.C.C.C.[2H][2H]. The largest absolute Gasteiger partial charge is 0.0776 e. The highest BCUT2D eigenvalue weighted by Crippen LogP contribution is 0.149. The van der Waals surface area contributed by atoms with Gasteiger partial charge in [0.25, 0.3) is 0 Å². The van der Waals surface area contributed by atoms with Gasteiger partial charge in [0.2, 0.25) is 0 Å². The van der Waals surface area contributed by atoms with Crippen LogP contribution in [0.15, 0.2) is 0 Å². The van der Waals surface area contributed by atoms with Gasteiger partial charge in [-0.25, -0.2) is 0 Å². The molecule has 50 valence electrons. The molecule has 0 radical (unpaired) electrons. The van der Waals surface area contributed by atoms with E-state index in [2.05, 4.69) is 0 Å². The van der Waals surface area contributed by atoms with Gasteiger partial charge in [0.15, 0.2) is 0 Å². The molecule has 0 unspecified atom stereocenters. The molecule has 0 bridgehead atoms. The number of hydrogen-bond acceptors (Lipinski definition) is 0. The predicted octanol–water partition coefficient (Wildman–Crippen LogP) is 4.06. The third kappa shape index (κ3) is 0. The highest BCUT2D eigenvalue weighted by molar-refractivity contribution is 2.51. The lowest BCUT2D eigenvalue weighted by atomic mass is 12.0. The summed E-state index contributed by atoms with van der Waals surface area (Å²) >= 11 is 0. The van der Waals surface area contributed by atoms with Gasteiger partial charge in [-0.1, -0.05) is 44.6 Å². The van der Waals surface area contributed by atoms with Gasteiger partial charge in [0.1, 0.15) is 0 Å². The van der Waals surface area contributed by atoms with Crippen molar-refractivity contribution < 1.29 is 2.97 Å². The molecule has 0 rings (SSSR count). The van der Waals surface area contributed by atoms with Crippen LogP contribution in [0.2, 0.25) is 0 Å². The van der Waals surface area contributed by atoms with Crippen molar-refractivity contribution in [2.24, 2.45) is 0 Å². The molecule has 0 fully saturated rings. The Bertz CT molecular complexity index is 6.49. The van der Waals surface area contributed by atoms with Crippen molar-refractivity contribution in [3.63, 3.8) is 0 Å². The molecule has 6 heavy (non-hydrogen) atoms. The minimum Gasteiger partial charge on any atom is -0.0776 e. The van der Waals surface area contributed by atoms with E-state index in [-0.39, 0.29) is 44.6 Å². The van der Waals surface area contributed by atoms with Crippen molar-refractivity contribution >= 4 is 0 Å². The molecule has 0 saturated carbocycles. The highest BCUT2D eigenvalue weighted by atomic mass is 12.0. The monoisotopic (exact) mass is 100 g/mol. The summed E-state index contributed by atoms with van der Waals surface area (Å²) in [6.45, 7) is 0. The normalized spacial score (nSPS) is 1.33. The number of rotatable bonds is 0. The van der Waals surface area contributed by atoms with Gasteiger partial charge < -0.3 is 0 Å². The molecule has 0 aromatic rings. The fraction of sp³-hybridized carbons (Fsp3) is 1.00. The Hall–Kier alpha value is 0. The predicted molar refractivity (Wildman–Crippen MR) is 42.5 cm³/mol. The van der Waals surface area contributed by atoms with Gasteiger partial charge >= 0.3 is 0 Å². The Kier molecular flexibility index (Phi) is 0. The zero-order valence-electron chi connectivity index (χ0n) is 2.00. The zero-order chi connectivity index (χ0) is 2.00. The van der Waals surface area contributed by atoms with E-state index in [1.165, 1.54) is 0 Å². The standard InChI is InChI=1S/6CH4.H2/h6*1H4;1H/i;;;;;;1+1D. The van der Waals surface area contributed by atoms with Gasteiger partial charge in [-0.05, 0) is 0 Å². The molecule has 0 heterocycles. The maximum absolute atomic E-state index is 5.00. The van der Waals surface area contributed by atoms with Gasteiger partial charge in [-0.2, -0.15) is 0 Å². The minimum atomic E-state index is 0. The molecule has 0 atom stereocenters. The molecule has 0 amide bonds. The van der Waals surface area contributed by atoms with Crippen LogP contribution in [-0.4, -0.2) is 0 Å². The topological polar surface area (TPSA) is 0 Å². The zero-order valence-corrected chi connectivity index (χ0v) is 0. The van der Waals surface area contributed by atoms with Crippen LogP contribution in [0.25, 0.3) is 0 Å². The summed E-state index contributed by atoms with van der Waals surface area (Å²) in [4.78, 5) is 0. The smallest absolute Gasteiger partial charge is 0 e. The van der Waals surface area contributed by atoms with Gasteiger partial charge in [0.05, 0.1) is 0 Å². The van der Waals surface area contributed by atoms with Crippen LogP contribution in [0.5, 0.6) is 0 Å². The van der Waals surface area contributed by atoms with Gasteiger partial charge in [-0.3, -0.25) is 0 Å². The molecule has 0 nitrogen and oxygen atoms in total. The lowest BCUT2D eigenvalue weighted by Gasteiger charge is -0.0786. The van der Waals surface area contributed by atoms with Crippen molar-refractivity contribution in [2.45, 2.75) is 44.6 Å². The van der Waals surface area contributed by atoms with E-state index in [9.17, 15) is 0 Å². The minimum absolute atomic E-state index is 0. The van der Waals surface area contributed by atoms with Crippen molar-refractivity contribution in [3.05, 3.63) is 0 Å². The molecule has 0 heteroatoms. The Balaban J connectivity index is -0.000000000333. The van der Waals surface area contributed by atoms with Crippen LogP contribution in [0.4, 0.5) is 0 Å². The summed E-state index contributed by atoms with van der Waals surface area (Å²) in [5, 5.41) is 0. The first kappa shape index (κ1) is 150. The maximum Gasteiger partial charge on any atom is 0 e. The van der Waals surface area contributed by atoms with Crippen LogP contribution in [-0.2, 0) is 0 Å². The molecule has 0 aliphatic carbocycles. The van der Waals surface area contributed by atoms with E-state index in [0.717, 1.165) is 0 Å². The summed E-state index contributed by atoms with van der Waals surface area (Å²) in [7, 11) is 0. The molecule has 0 aromatic carbocycles. The quantitative estimate of drug-likeness (QED) is 0.430. The fourth-order valence-corrected chi connectivity index (χ4v) is 0. The Morgan fingerprint density at radius 1 is 0.500 bits per heavy atom. The molecular formula is C6H26. The fourth-order valence-electron chi connectivity index (χ4n) is 0. The maximum atomic E-state index is 5.00. The van der Waals surface area contributed by atoms with Crippen molar-refractivity contribution in [1.82, 2.24) is 0 Å². The average Bonchev–Trinajstić information content (AvgIpc) is 1.00.